The largest absolute Gasteiger partial charge is 0.481 e. The summed E-state index contributed by atoms with van der Waals surface area (Å²) in [6.07, 6.45) is 0. The van der Waals surface area contributed by atoms with Gasteiger partial charge in [0.1, 0.15) is 5.41 Å². The molecule has 0 radical (unpaired) electrons. The molecule has 0 spiro atoms. The van der Waals surface area contributed by atoms with Gasteiger partial charge in [-0.1, -0.05) is 13.8 Å². The van der Waals surface area contributed by atoms with E-state index in [0.29, 0.717) is 0 Å². The van der Waals surface area contributed by atoms with E-state index in [4.69, 9.17) is 4.74 Å². The predicted molar refractivity (Wildman–Crippen MR) is 79.3 cm³/mol. The van der Waals surface area contributed by atoms with Crippen molar-refractivity contribution in [1.29, 1.82) is 0 Å². The SMILES string of the molecule is CCN(CC)CC(C)NC(=O)NC1COCC1(C)C(=O)O. The molecular formula is C14H27N3O4. The number of carboxylic acid groups (broad SMARTS) is 1. The number of nitrogens with one attached hydrogen (secondary N) is 2. The Hall–Kier alpha value is -1.34. The van der Waals surface area contributed by atoms with Crippen molar-refractivity contribution in [3.05, 3.63) is 0 Å². The summed E-state index contributed by atoms with van der Waals surface area (Å²) < 4.78 is 5.21. The Bertz CT molecular complexity index is 373. The van der Waals surface area contributed by atoms with Crippen LogP contribution < -0.4 is 10.6 Å². The number of amides is 2. The molecule has 3 unspecified atom stereocenters. The van der Waals surface area contributed by atoms with Crippen LogP contribution in [0, 0.1) is 5.41 Å². The number of rotatable bonds is 7. The Morgan fingerprint density at radius 3 is 2.57 bits per heavy atom. The van der Waals surface area contributed by atoms with Crippen molar-refractivity contribution in [1.82, 2.24) is 15.5 Å². The van der Waals surface area contributed by atoms with Gasteiger partial charge in [0.15, 0.2) is 0 Å². The fourth-order valence-corrected chi connectivity index (χ4v) is 2.42. The lowest BCUT2D eigenvalue weighted by molar-refractivity contribution is -0.148. The van der Waals surface area contributed by atoms with Crippen LogP contribution in [-0.4, -0.2) is 66.9 Å². The highest BCUT2D eigenvalue weighted by molar-refractivity contribution is 5.79. The summed E-state index contributed by atoms with van der Waals surface area (Å²) >= 11 is 0. The van der Waals surface area contributed by atoms with Crippen LogP contribution in [0.25, 0.3) is 0 Å². The van der Waals surface area contributed by atoms with E-state index in [2.05, 4.69) is 29.4 Å². The number of urea groups is 1. The Balaban J connectivity index is 2.48. The van der Waals surface area contributed by atoms with E-state index in [0.717, 1.165) is 19.6 Å². The summed E-state index contributed by atoms with van der Waals surface area (Å²) in [5.74, 6) is -0.957. The Kier molecular flexibility index (Phi) is 6.42. The second-order valence-electron chi connectivity index (χ2n) is 5.80. The molecule has 3 N–H and O–H groups in total. The summed E-state index contributed by atoms with van der Waals surface area (Å²) in [6, 6.07) is -0.878. The zero-order valence-corrected chi connectivity index (χ0v) is 13.3. The molecule has 1 saturated heterocycles. The van der Waals surface area contributed by atoms with Crippen LogP contribution in [0.15, 0.2) is 0 Å². The van der Waals surface area contributed by atoms with Crippen LogP contribution in [0.2, 0.25) is 0 Å². The monoisotopic (exact) mass is 301 g/mol. The van der Waals surface area contributed by atoms with E-state index in [1.807, 2.05) is 6.92 Å². The third kappa shape index (κ3) is 4.57. The highest BCUT2D eigenvalue weighted by Gasteiger charge is 2.47. The maximum atomic E-state index is 12.0. The molecule has 21 heavy (non-hydrogen) atoms. The molecule has 0 aromatic carbocycles. The Morgan fingerprint density at radius 2 is 2.05 bits per heavy atom. The van der Waals surface area contributed by atoms with Gasteiger partial charge in [-0.3, -0.25) is 4.79 Å². The van der Waals surface area contributed by atoms with E-state index in [1.165, 1.54) is 0 Å². The summed E-state index contributed by atoms with van der Waals surface area (Å²) in [5.41, 5.74) is -1.07. The van der Waals surface area contributed by atoms with E-state index in [9.17, 15) is 14.7 Å². The molecule has 0 aromatic heterocycles. The fourth-order valence-electron chi connectivity index (χ4n) is 2.42. The zero-order chi connectivity index (χ0) is 16.0. The van der Waals surface area contributed by atoms with Crippen LogP contribution in [0.5, 0.6) is 0 Å². The van der Waals surface area contributed by atoms with E-state index in [1.54, 1.807) is 6.92 Å². The van der Waals surface area contributed by atoms with Gasteiger partial charge in [0.05, 0.1) is 19.3 Å². The lowest BCUT2D eigenvalue weighted by Gasteiger charge is -2.27. The number of likely N-dealkylation sites (N-methyl/N-ethyl adjacent to an activating group) is 1. The summed E-state index contributed by atoms with van der Waals surface area (Å²) in [5, 5.41) is 14.8. The lowest BCUT2D eigenvalue weighted by Crippen LogP contribution is -2.54. The first-order valence-corrected chi connectivity index (χ1v) is 7.44. The summed E-state index contributed by atoms with van der Waals surface area (Å²) in [4.78, 5) is 25.5. The summed E-state index contributed by atoms with van der Waals surface area (Å²) in [7, 11) is 0. The van der Waals surface area contributed by atoms with Crippen molar-refractivity contribution >= 4 is 12.0 Å². The van der Waals surface area contributed by atoms with Gasteiger partial charge in [0.25, 0.3) is 0 Å². The van der Waals surface area contributed by atoms with Gasteiger partial charge in [-0.25, -0.2) is 4.79 Å². The number of carbonyl (C=O) groups is 2. The third-order valence-corrected chi connectivity index (χ3v) is 4.05. The van der Waals surface area contributed by atoms with E-state index < -0.39 is 17.4 Å². The molecule has 1 aliphatic rings. The van der Waals surface area contributed by atoms with Gasteiger partial charge in [0.2, 0.25) is 0 Å². The number of hydrogen-bond donors (Lipinski definition) is 3. The van der Waals surface area contributed by atoms with Crippen LogP contribution in [0.4, 0.5) is 4.79 Å². The molecule has 1 heterocycles. The molecule has 7 heteroatoms. The molecule has 1 aliphatic heterocycles. The average molecular weight is 301 g/mol. The zero-order valence-electron chi connectivity index (χ0n) is 13.3. The Labute approximate surface area is 126 Å². The minimum absolute atomic E-state index is 0.0108. The van der Waals surface area contributed by atoms with Crippen molar-refractivity contribution in [2.45, 2.75) is 39.8 Å². The minimum Gasteiger partial charge on any atom is -0.481 e. The molecule has 3 atom stereocenters. The van der Waals surface area contributed by atoms with Crippen molar-refractivity contribution in [2.75, 3.05) is 32.8 Å². The number of nitrogens with zero attached hydrogens (tertiary/aromatic N) is 1. The van der Waals surface area contributed by atoms with Crippen molar-refractivity contribution in [3.63, 3.8) is 0 Å². The molecule has 122 valence electrons. The molecule has 2 amide bonds. The standard InChI is InChI=1S/C14H27N3O4/c1-5-17(6-2)7-10(3)15-13(20)16-11-8-21-9-14(11,4)12(18)19/h10-11H,5-9H2,1-4H3,(H,18,19)(H2,15,16,20). The van der Waals surface area contributed by atoms with Gasteiger partial charge >= 0.3 is 12.0 Å². The number of aliphatic carboxylic acids is 1. The van der Waals surface area contributed by atoms with Gasteiger partial charge in [-0.15, -0.1) is 0 Å². The molecule has 1 rings (SSSR count). The topological polar surface area (TPSA) is 90.9 Å². The molecule has 1 fully saturated rings. The fraction of sp³-hybridized carbons (Fsp3) is 0.857. The summed E-state index contributed by atoms with van der Waals surface area (Å²) in [6.45, 7) is 10.6. The van der Waals surface area contributed by atoms with Gasteiger partial charge in [0, 0.05) is 12.6 Å². The predicted octanol–water partition coefficient (Wildman–Crippen LogP) is 0.506. The maximum absolute atomic E-state index is 12.0. The number of carbonyl (C=O) groups excluding carboxylic acids is 1. The third-order valence-electron chi connectivity index (χ3n) is 4.05. The molecular weight excluding hydrogens is 274 g/mol. The van der Waals surface area contributed by atoms with Crippen LogP contribution >= 0.6 is 0 Å². The minimum atomic E-state index is -1.07. The first kappa shape index (κ1) is 17.7. The normalized spacial score (nSPS) is 26.6. The van der Waals surface area contributed by atoms with Crippen molar-refractivity contribution < 1.29 is 19.4 Å². The highest BCUT2D eigenvalue weighted by Crippen LogP contribution is 2.28. The Morgan fingerprint density at radius 1 is 1.43 bits per heavy atom. The number of carboxylic acids is 1. The number of hydrogen-bond acceptors (Lipinski definition) is 4. The maximum Gasteiger partial charge on any atom is 0.315 e. The first-order valence-electron chi connectivity index (χ1n) is 7.44. The van der Waals surface area contributed by atoms with E-state index in [-0.39, 0.29) is 25.3 Å². The molecule has 0 saturated carbocycles. The smallest absolute Gasteiger partial charge is 0.315 e. The van der Waals surface area contributed by atoms with Gasteiger partial charge in [-0.2, -0.15) is 0 Å². The second kappa shape index (κ2) is 7.61. The average Bonchev–Trinajstić information content (AvgIpc) is 2.78. The lowest BCUT2D eigenvalue weighted by atomic mass is 9.85. The van der Waals surface area contributed by atoms with Gasteiger partial charge in [-0.05, 0) is 26.9 Å². The number of ether oxygens (including phenoxy) is 1. The highest BCUT2D eigenvalue weighted by atomic mass is 16.5. The van der Waals surface area contributed by atoms with Crippen LogP contribution in [0.3, 0.4) is 0 Å². The van der Waals surface area contributed by atoms with Crippen molar-refractivity contribution in [3.8, 4) is 0 Å². The van der Waals surface area contributed by atoms with E-state index >= 15 is 0 Å². The quantitative estimate of drug-likeness (QED) is 0.637. The van der Waals surface area contributed by atoms with Crippen molar-refractivity contribution in [2.24, 2.45) is 5.41 Å². The molecule has 0 aromatic rings. The molecule has 7 nitrogen and oxygen atoms in total. The first-order chi connectivity index (χ1) is 9.83. The van der Waals surface area contributed by atoms with Gasteiger partial charge < -0.3 is 25.4 Å². The molecule has 0 aliphatic carbocycles. The molecule has 0 bridgehead atoms. The van der Waals surface area contributed by atoms with Crippen LogP contribution in [-0.2, 0) is 9.53 Å². The van der Waals surface area contributed by atoms with Crippen LogP contribution in [0.1, 0.15) is 27.7 Å². The second-order valence-corrected chi connectivity index (χ2v) is 5.80.